The highest BCUT2D eigenvalue weighted by molar-refractivity contribution is 6.01. The summed E-state index contributed by atoms with van der Waals surface area (Å²) in [5.74, 6) is -0.400. The lowest BCUT2D eigenvalue weighted by molar-refractivity contribution is -0.160. The van der Waals surface area contributed by atoms with Crippen molar-refractivity contribution in [3.63, 3.8) is 0 Å². The summed E-state index contributed by atoms with van der Waals surface area (Å²) in [6.07, 6.45) is 0.622. The molecule has 3 heterocycles. The van der Waals surface area contributed by atoms with Gasteiger partial charge >= 0.3 is 0 Å². The molecule has 4 rings (SSSR count). The van der Waals surface area contributed by atoms with E-state index >= 15 is 0 Å². The quantitative estimate of drug-likeness (QED) is 0.726. The second-order valence-electron chi connectivity index (χ2n) is 7.18. The fraction of sp³-hybridized carbons (Fsp3) is 0.579. The summed E-state index contributed by atoms with van der Waals surface area (Å²) in [4.78, 5) is 28.1. The molecule has 0 spiro atoms. The number of morpholine rings is 1. The highest BCUT2D eigenvalue weighted by Crippen LogP contribution is 2.27. The number of anilines is 1. The number of para-hydroxylation sites is 1. The first-order valence-electron chi connectivity index (χ1n) is 9.56. The fourth-order valence-electron chi connectivity index (χ4n) is 4.05. The topological polar surface area (TPSA) is 56.3 Å². The SMILES string of the molecule is O=C1CCC(=O)N1N1CCN(Cc2cccc(F)c2N2CCOCC2)CC1. The molecule has 0 atom stereocenters. The number of nitrogens with zero attached hydrogens (tertiary/aromatic N) is 4. The van der Waals surface area contributed by atoms with E-state index < -0.39 is 0 Å². The molecule has 1 aromatic carbocycles. The summed E-state index contributed by atoms with van der Waals surface area (Å²) in [6, 6.07) is 5.25. The van der Waals surface area contributed by atoms with Crippen LogP contribution in [-0.4, -0.2) is 79.2 Å². The Labute approximate surface area is 158 Å². The van der Waals surface area contributed by atoms with Crippen LogP contribution in [0.3, 0.4) is 0 Å². The molecular weight excluding hydrogens is 351 g/mol. The molecule has 0 N–H and O–H groups in total. The molecule has 3 saturated heterocycles. The summed E-state index contributed by atoms with van der Waals surface area (Å²) >= 11 is 0. The van der Waals surface area contributed by atoms with Crippen molar-refractivity contribution in [1.29, 1.82) is 0 Å². The Bertz CT molecular complexity index is 699. The van der Waals surface area contributed by atoms with Gasteiger partial charge in [0.05, 0.1) is 18.9 Å². The van der Waals surface area contributed by atoms with Gasteiger partial charge in [-0.3, -0.25) is 14.5 Å². The van der Waals surface area contributed by atoms with Gasteiger partial charge in [-0.2, -0.15) is 0 Å². The van der Waals surface area contributed by atoms with Crippen LogP contribution in [0.4, 0.5) is 10.1 Å². The van der Waals surface area contributed by atoms with Crippen molar-refractivity contribution in [2.24, 2.45) is 0 Å². The minimum absolute atomic E-state index is 0.104. The van der Waals surface area contributed by atoms with Crippen molar-refractivity contribution < 1.29 is 18.7 Å². The number of piperazine rings is 1. The molecule has 0 bridgehead atoms. The fourth-order valence-corrected chi connectivity index (χ4v) is 4.05. The highest BCUT2D eigenvalue weighted by atomic mass is 19.1. The summed E-state index contributed by atoms with van der Waals surface area (Å²) in [7, 11) is 0. The predicted octanol–water partition coefficient (Wildman–Crippen LogP) is 0.844. The van der Waals surface area contributed by atoms with E-state index in [9.17, 15) is 14.0 Å². The van der Waals surface area contributed by atoms with Crippen LogP contribution in [0.25, 0.3) is 0 Å². The zero-order valence-electron chi connectivity index (χ0n) is 15.4. The molecule has 27 heavy (non-hydrogen) atoms. The lowest BCUT2D eigenvalue weighted by Crippen LogP contribution is -2.55. The monoisotopic (exact) mass is 376 g/mol. The molecule has 1 aromatic rings. The van der Waals surface area contributed by atoms with Crippen LogP contribution in [0.2, 0.25) is 0 Å². The molecule has 2 amide bonds. The smallest absolute Gasteiger partial charge is 0.244 e. The maximum atomic E-state index is 14.6. The Kier molecular flexibility index (Phi) is 5.38. The Balaban J connectivity index is 1.41. The van der Waals surface area contributed by atoms with Crippen molar-refractivity contribution in [3.05, 3.63) is 29.6 Å². The van der Waals surface area contributed by atoms with Crippen LogP contribution in [0.5, 0.6) is 0 Å². The molecule has 7 nitrogen and oxygen atoms in total. The maximum Gasteiger partial charge on any atom is 0.244 e. The van der Waals surface area contributed by atoms with E-state index in [1.165, 1.54) is 11.1 Å². The second-order valence-corrected chi connectivity index (χ2v) is 7.18. The third kappa shape index (κ3) is 3.83. The number of ether oxygens (including phenoxy) is 1. The zero-order valence-corrected chi connectivity index (χ0v) is 15.4. The van der Waals surface area contributed by atoms with Gasteiger partial charge < -0.3 is 9.64 Å². The van der Waals surface area contributed by atoms with Crippen molar-refractivity contribution in [3.8, 4) is 0 Å². The van der Waals surface area contributed by atoms with Crippen LogP contribution < -0.4 is 4.90 Å². The molecule has 0 aliphatic carbocycles. The largest absolute Gasteiger partial charge is 0.378 e. The van der Waals surface area contributed by atoms with Gasteiger partial charge in [0.15, 0.2) is 0 Å². The van der Waals surface area contributed by atoms with Gasteiger partial charge in [-0.1, -0.05) is 12.1 Å². The number of imide groups is 1. The van der Waals surface area contributed by atoms with Gasteiger partial charge in [0, 0.05) is 58.7 Å². The molecule has 0 unspecified atom stereocenters. The summed E-state index contributed by atoms with van der Waals surface area (Å²) < 4.78 is 19.9. The molecule has 0 aromatic heterocycles. The number of hydrazine groups is 1. The lowest BCUT2D eigenvalue weighted by Gasteiger charge is -2.39. The summed E-state index contributed by atoms with van der Waals surface area (Å²) in [5, 5.41) is 3.17. The van der Waals surface area contributed by atoms with Crippen LogP contribution >= 0.6 is 0 Å². The summed E-state index contributed by atoms with van der Waals surface area (Å²) in [6.45, 7) is 5.99. The molecule has 3 aliphatic rings. The van der Waals surface area contributed by atoms with Gasteiger partial charge in [0.1, 0.15) is 5.82 Å². The predicted molar refractivity (Wildman–Crippen MR) is 97.4 cm³/mol. The number of rotatable bonds is 4. The van der Waals surface area contributed by atoms with Crippen LogP contribution in [0, 0.1) is 5.82 Å². The molecule has 0 saturated carbocycles. The second kappa shape index (κ2) is 7.92. The minimum Gasteiger partial charge on any atom is -0.378 e. The van der Waals surface area contributed by atoms with Gasteiger partial charge in [-0.25, -0.2) is 14.4 Å². The number of carbonyl (C=O) groups is 2. The number of hydrogen-bond donors (Lipinski definition) is 0. The van der Waals surface area contributed by atoms with Crippen LogP contribution in [0.1, 0.15) is 18.4 Å². The standard InChI is InChI=1S/C19H25FN4O3/c20-16-3-1-2-15(19(16)22-10-12-27-13-11-22)14-21-6-8-23(9-7-21)24-17(25)4-5-18(24)26/h1-3H,4-14H2. The molecule has 146 valence electrons. The molecule has 3 fully saturated rings. The first-order chi connectivity index (χ1) is 13.1. The average Bonchev–Trinajstić information content (AvgIpc) is 3.02. The maximum absolute atomic E-state index is 14.6. The third-order valence-electron chi connectivity index (χ3n) is 5.45. The van der Waals surface area contributed by atoms with E-state index in [1.807, 2.05) is 11.1 Å². The number of carbonyl (C=O) groups excluding carboxylic acids is 2. The first-order valence-corrected chi connectivity index (χ1v) is 9.56. The van der Waals surface area contributed by atoms with E-state index in [0.29, 0.717) is 64.5 Å². The number of benzene rings is 1. The Morgan fingerprint density at radius 2 is 1.59 bits per heavy atom. The van der Waals surface area contributed by atoms with E-state index in [2.05, 4.69) is 9.80 Å². The lowest BCUT2D eigenvalue weighted by atomic mass is 10.1. The van der Waals surface area contributed by atoms with E-state index in [4.69, 9.17) is 4.74 Å². The van der Waals surface area contributed by atoms with Crippen molar-refractivity contribution >= 4 is 17.5 Å². The van der Waals surface area contributed by atoms with Crippen molar-refractivity contribution in [2.75, 3.05) is 57.4 Å². The van der Waals surface area contributed by atoms with Crippen LogP contribution in [-0.2, 0) is 20.9 Å². The Morgan fingerprint density at radius 1 is 0.926 bits per heavy atom. The summed E-state index contributed by atoms with van der Waals surface area (Å²) in [5.41, 5.74) is 1.65. The molecular formula is C19H25FN4O3. The first kappa shape index (κ1) is 18.3. The Hall–Kier alpha value is -2.03. The highest BCUT2D eigenvalue weighted by Gasteiger charge is 2.35. The van der Waals surface area contributed by atoms with Gasteiger partial charge in [0.2, 0.25) is 11.8 Å². The number of halogens is 1. The normalized spacial score (nSPS) is 22.7. The van der Waals surface area contributed by atoms with E-state index in [-0.39, 0.29) is 17.6 Å². The molecule has 3 aliphatic heterocycles. The van der Waals surface area contributed by atoms with E-state index in [1.54, 1.807) is 6.07 Å². The van der Waals surface area contributed by atoms with Crippen molar-refractivity contribution in [1.82, 2.24) is 14.9 Å². The van der Waals surface area contributed by atoms with Crippen molar-refractivity contribution in [2.45, 2.75) is 19.4 Å². The van der Waals surface area contributed by atoms with Gasteiger partial charge in [-0.15, -0.1) is 0 Å². The zero-order chi connectivity index (χ0) is 18.8. The van der Waals surface area contributed by atoms with Gasteiger partial charge in [-0.05, 0) is 11.6 Å². The molecule has 8 heteroatoms. The van der Waals surface area contributed by atoms with Crippen LogP contribution in [0.15, 0.2) is 18.2 Å². The third-order valence-corrected chi connectivity index (χ3v) is 5.45. The molecule has 0 radical (unpaired) electrons. The number of amides is 2. The van der Waals surface area contributed by atoms with Gasteiger partial charge in [0.25, 0.3) is 0 Å². The Morgan fingerprint density at radius 3 is 2.26 bits per heavy atom. The average molecular weight is 376 g/mol. The van der Waals surface area contributed by atoms with E-state index in [0.717, 1.165) is 18.7 Å². The minimum atomic E-state index is -0.193. The number of hydrogen-bond acceptors (Lipinski definition) is 6.